The Morgan fingerprint density at radius 2 is 1.74 bits per heavy atom. The van der Waals surface area contributed by atoms with Crippen LogP contribution in [0.4, 0.5) is 10.1 Å². The Kier molecular flexibility index (Phi) is 5.65. The smallest absolute Gasteiger partial charge is 0.257 e. The van der Waals surface area contributed by atoms with Gasteiger partial charge in [0.1, 0.15) is 11.9 Å². The van der Waals surface area contributed by atoms with E-state index >= 15 is 0 Å². The Morgan fingerprint density at radius 3 is 2.42 bits per heavy atom. The molecule has 2 atom stereocenters. The second-order valence-corrected chi connectivity index (χ2v) is 7.96. The number of nitrogens with zero attached hydrogens (tertiary/aromatic N) is 1. The van der Waals surface area contributed by atoms with Crippen LogP contribution in [0.1, 0.15) is 45.6 Å². The Bertz CT molecular complexity index is 1150. The van der Waals surface area contributed by atoms with Crippen LogP contribution in [0.2, 0.25) is 5.02 Å². The number of benzene rings is 3. The molecule has 3 aromatic carbocycles. The summed E-state index contributed by atoms with van der Waals surface area (Å²) in [6.07, 6.45) is 0.846. The van der Waals surface area contributed by atoms with Gasteiger partial charge >= 0.3 is 0 Å². The van der Waals surface area contributed by atoms with Crippen LogP contribution in [0, 0.1) is 5.82 Å². The van der Waals surface area contributed by atoms with Crippen LogP contribution in [-0.4, -0.2) is 16.7 Å². The fraction of sp³-hybridized carbons (Fsp3) is 0.167. The van der Waals surface area contributed by atoms with Gasteiger partial charge in [0.25, 0.3) is 5.91 Å². The van der Waals surface area contributed by atoms with Gasteiger partial charge in [-0.1, -0.05) is 54.1 Å². The molecule has 0 bridgehead atoms. The van der Waals surface area contributed by atoms with E-state index in [1.807, 2.05) is 6.07 Å². The zero-order valence-electron chi connectivity index (χ0n) is 16.6. The van der Waals surface area contributed by atoms with Crippen molar-refractivity contribution in [3.05, 3.63) is 99.8 Å². The molecule has 0 heterocycles. The van der Waals surface area contributed by atoms with E-state index in [9.17, 15) is 14.0 Å². The number of rotatable bonds is 5. The second-order valence-electron chi connectivity index (χ2n) is 7.53. The number of hydrogen-bond acceptors (Lipinski definition) is 3. The minimum atomic E-state index is -1.06. The number of primary amides is 1. The average molecular weight is 438 g/mol. The predicted octanol–water partition coefficient (Wildman–Crippen LogP) is 4.42. The van der Waals surface area contributed by atoms with Gasteiger partial charge in [0, 0.05) is 10.7 Å². The Balaban J connectivity index is 1.90. The molecule has 1 unspecified atom stereocenters. The number of nitrogen functional groups attached to an aromatic ring is 1. The lowest BCUT2D eigenvalue weighted by Gasteiger charge is -2.36. The summed E-state index contributed by atoms with van der Waals surface area (Å²) in [5.74, 6) is -1.57. The number of halogens is 2. The van der Waals surface area contributed by atoms with Gasteiger partial charge in [-0.15, -0.1) is 0 Å². The van der Waals surface area contributed by atoms with Gasteiger partial charge in [0.05, 0.1) is 11.6 Å². The summed E-state index contributed by atoms with van der Waals surface area (Å²) in [7, 11) is 0. The van der Waals surface area contributed by atoms with E-state index in [0.717, 1.165) is 0 Å². The van der Waals surface area contributed by atoms with E-state index in [1.165, 1.54) is 11.0 Å². The molecular weight excluding hydrogens is 417 g/mol. The van der Waals surface area contributed by atoms with E-state index in [4.69, 9.17) is 23.1 Å². The molecule has 158 valence electrons. The normalized spacial score (nSPS) is 15.9. The standard InChI is InChI=1S/C24H21ClFN3O2/c25-15-12-18-16(19(26)13-15)10-11-21(18)29(24(31)17-8-4-5-9-20(17)27)22(23(28)30)14-6-2-1-3-7-14/h1-9,12-13,21-22H,10-11,27H2,(H2,28,30)/t21-,22?/m1/s1. The maximum Gasteiger partial charge on any atom is 0.257 e. The first-order valence-electron chi connectivity index (χ1n) is 9.87. The largest absolute Gasteiger partial charge is 0.398 e. The number of amides is 2. The molecule has 0 spiro atoms. The highest BCUT2D eigenvalue weighted by atomic mass is 35.5. The SMILES string of the molecule is NC(=O)C(c1ccccc1)N(C(=O)c1ccccc1N)[C@@H]1CCc2c(F)cc(Cl)cc21. The number of anilines is 1. The number of carbonyl (C=O) groups is 2. The summed E-state index contributed by atoms with van der Waals surface area (Å²) in [6, 6.07) is 16.7. The third-order valence-corrected chi connectivity index (χ3v) is 5.86. The molecule has 7 heteroatoms. The molecule has 4 rings (SSSR count). The van der Waals surface area contributed by atoms with E-state index < -0.39 is 29.7 Å². The van der Waals surface area contributed by atoms with E-state index in [2.05, 4.69) is 0 Å². The monoisotopic (exact) mass is 437 g/mol. The van der Waals surface area contributed by atoms with Crippen molar-refractivity contribution in [2.45, 2.75) is 24.9 Å². The number of fused-ring (bicyclic) bond motifs is 1. The first kappa shape index (κ1) is 20.9. The zero-order chi connectivity index (χ0) is 22.1. The van der Waals surface area contributed by atoms with Crippen molar-refractivity contribution in [1.29, 1.82) is 0 Å². The average Bonchev–Trinajstić information content (AvgIpc) is 3.16. The molecule has 1 aliphatic rings. The highest BCUT2D eigenvalue weighted by Gasteiger charge is 2.40. The molecule has 1 aliphatic carbocycles. The summed E-state index contributed by atoms with van der Waals surface area (Å²) >= 11 is 6.12. The topological polar surface area (TPSA) is 89.4 Å². The second kappa shape index (κ2) is 8.40. The van der Waals surface area contributed by atoms with Gasteiger partial charge in [-0.3, -0.25) is 9.59 Å². The first-order valence-corrected chi connectivity index (χ1v) is 10.3. The Labute approximate surface area is 184 Å². The minimum Gasteiger partial charge on any atom is -0.398 e. The molecule has 0 saturated heterocycles. The molecule has 0 aliphatic heterocycles. The van der Waals surface area contributed by atoms with Crippen molar-refractivity contribution in [2.24, 2.45) is 5.73 Å². The number of hydrogen-bond donors (Lipinski definition) is 2. The first-order chi connectivity index (χ1) is 14.9. The van der Waals surface area contributed by atoms with Crippen LogP contribution in [-0.2, 0) is 11.2 Å². The van der Waals surface area contributed by atoms with E-state index in [-0.39, 0.29) is 16.3 Å². The van der Waals surface area contributed by atoms with Crippen molar-refractivity contribution in [3.63, 3.8) is 0 Å². The molecule has 0 saturated carbocycles. The molecule has 4 N–H and O–H groups in total. The zero-order valence-corrected chi connectivity index (χ0v) is 17.4. The van der Waals surface area contributed by atoms with Crippen molar-refractivity contribution in [1.82, 2.24) is 4.90 Å². The molecule has 3 aromatic rings. The fourth-order valence-electron chi connectivity index (χ4n) is 4.28. The van der Waals surface area contributed by atoms with Crippen LogP contribution >= 0.6 is 11.6 Å². The van der Waals surface area contributed by atoms with Gasteiger partial charge < -0.3 is 16.4 Å². The van der Waals surface area contributed by atoms with Crippen LogP contribution < -0.4 is 11.5 Å². The highest BCUT2D eigenvalue weighted by molar-refractivity contribution is 6.30. The van der Waals surface area contributed by atoms with Crippen molar-refractivity contribution in [2.75, 3.05) is 5.73 Å². The van der Waals surface area contributed by atoms with Crippen molar-refractivity contribution in [3.8, 4) is 0 Å². The molecule has 5 nitrogen and oxygen atoms in total. The molecule has 31 heavy (non-hydrogen) atoms. The van der Waals surface area contributed by atoms with Crippen molar-refractivity contribution < 1.29 is 14.0 Å². The summed E-state index contributed by atoms with van der Waals surface area (Å²) in [5, 5.41) is 0.227. The van der Waals surface area contributed by atoms with Crippen LogP contribution in [0.5, 0.6) is 0 Å². The van der Waals surface area contributed by atoms with Gasteiger partial charge in [-0.05, 0) is 53.8 Å². The Morgan fingerprint density at radius 1 is 1.06 bits per heavy atom. The van der Waals surface area contributed by atoms with Crippen molar-refractivity contribution >= 4 is 29.1 Å². The van der Waals surface area contributed by atoms with Crippen LogP contribution in [0.3, 0.4) is 0 Å². The summed E-state index contributed by atoms with van der Waals surface area (Å²) in [4.78, 5) is 27.8. The lowest BCUT2D eigenvalue weighted by Crippen LogP contribution is -2.43. The van der Waals surface area contributed by atoms with Crippen LogP contribution in [0.15, 0.2) is 66.7 Å². The number of para-hydroxylation sites is 1. The molecular formula is C24H21ClFN3O2. The fourth-order valence-corrected chi connectivity index (χ4v) is 4.49. The molecule has 0 aromatic heterocycles. The quantitative estimate of drug-likeness (QED) is 0.579. The predicted molar refractivity (Wildman–Crippen MR) is 118 cm³/mol. The number of nitrogens with two attached hydrogens (primary N) is 2. The van der Waals surface area contributed by atoms with Crippen LogP contribution in [0.25, 0.3) is 0 Å². The van der Waals surface area contributed by atoms with Gasteiger partial charge in [0.2, 0.25) is 5.91 Å². The van der Waals surface area contributed by atoms with Gasteiger partial charge in [0.15, 0.2) is 0 Å². The summed E-state index contributed by atoms with van der Waals surface area (Å²) in [5.41, 5.74) is 14.0. The lowest BCUT2D eigenvalue weighted by molar-refractivity contribution is -0.123. The number of carbonyl (C=O) groups excluding carboxylic acids is 2. The van der Waals surface area contributed by atoms with Gasteiger partial charge in [-0.2, -0.15) is 0 Å². The van der Waals surface area contributed by atoms with E-state index in [0.29, 0.717) is 29.5 Å². The van der Waals surface area contributed by atoms with E-state index in [1.54, 1.807) is 54.6 Å². The summed E-state index contributed by atoms with van der Waals surface area (Å²) < 4.78 is 14.6. The molecule has 0 radical (unpaired) electrons. The van der Waals surface area contributed by atoms with Gasteiger partial charge in [-0.25, -0.2) is 4.39 Å². The minimum absolute atomic E-state index is 0.227. The molecule has 0 fully saturated rings. The maximum absolute atomic E-state index is 14.6. The maximum atomic E-state index is 14.6. The summed E-state index contributed by atoms with van der Waals surface area (Å²) in [6.45, 7) is 0. The molecule has 2 amide bonds. The highest BCUT2D eigenvalue weighted by Crippen LogP contribution is 2.43. The third-order valence-electron chi connectivity index (χ3n) is 5.65. The third kappa shape index (κ3) is 3.86. The lowest BCUT2D eigenvalue weighted by atomic mass is 9.97. The Hall–Kier alpha value is -3.38.